The van der Waals surface area contributed by atoms with Gasteiger partial charge in [-0.25, -0.2) is 4.79 Å². The zero-order valence-corrected chi connectivity index (χ0v) is 10.1. The molecular weight excluding hydrogens is 248 g/mol. The second-order valence-corrected chi connectivity index (χ2v) is 5.11. The third kappa shape index (κ3) is 2.62. The second kappa shape index (κ2) is 4.97. The molecule has 1 aliphatic heterocycles. The van der Waals surface area contributed by atoms with Crippen molar-refractivity contribution in [1.29, 1.82) is 0 Å². The van der Waals surface area contributed by atoms with Gasteiger partial charge in [-0.2, -0.15) is 11.8 Å². The molecule has 1 unspecified atom stereocenters. The monoisotopic (exact) mass is 258 g/mol. The summed E-state index contributed by atoms with van der Waals surface area (Å²) >= 11 is 7.81. The van der Waals surface area contributed by atoms with Crippen molar-refractivity contribution in [3.8, 4) is 5.75 Å². The van der Waals surface area contributed by atoms with Crippen LogP contribution in [0.3, 0.4) is 0 Å². The van der Waals surface area contributed by atoms with Crippen LogP contribution in [0.15, 0.2) is 18.2 Å². The van der Waals surface area contributed by atoms with E-state index in [-0.39, 0.29) is 11.7 Å². The van der Waals surface area contributed by atoms with E-state index in [4.69, 9.17) is 21.4 Å². The van der Waals surface area contributed by atoms with E-state index >= 15 is 0 Å². The number of halogens is 1. The molecule has 0 amide bonds. The Morgan fingerprint density at radius 1 is 1.56 bits per heavy atom. The smallest absolute Gasteiger partial charge is 0.335 e. The Balaban J connectivity index is 2.12. The minimum atomic E-state index is -0.982. The first-order valence-electron chi connectivity index (χ1n) is 4.94. The van der Waals surface area contributed by atoms with Crippen molar-refractivity contribution in [2.24, 2.45) is 0 Å². The molecular formula is C11H11ClO3S. The molecule has 2 rings (SSSR count). The summed E-state index contributed by atoms with van der Waals surface area (Å²) in [5, 5.41) is 9.14. The summed E-state index contributed by atoms with van der Waals surface area (Å²) in [5.74, 6) is 1.66. The van der Waals surface area contributed by atoms with Crippen LogP contribution in [0, 0.1) is 0 Å². The van der Waals surface area contributed by atoms with Gasteiger partial charge in [0.25, 0.3) is 0 Å². The molecule has 1 fully saturated rings. The van der Waals surface area contributed by atoms with Crippen molar-refractivity contribution >= 4 is 29.3 Å². The molecule has 0 radical (unpaired) electrons. The van der Waals surface area contributed by atoms with E-state index in [0.717, 1.165) is 17.9 Å². The lowest BCUT2D eigenvalue weighted by molar-refractivity contribution is 0.0697. The number of carboxylic acid groups (broad SMARTS) is 1. The SMILES string of the molecule is O=C(O)c1ccc(OC2CCSC2)c(Cl)c1. The van der Waals surface area contributed by atoms with Crippen LogP contribution in [-0.2, 0) is 0 Å². The van der Waals surface area contributed by atoms with Crippen LogP contribution in [0.2, 0.25) is 5.02 Å². The van der Waals surface area contributed by atoms with Crippen molar-refractivity contribution in [3.05, 3.63) is 28.8 Å². The fourth-order valence-corrected chi connectivity index (χ4v) is 2.83. The average Bonchev–Trinajstić information content (AvgIpc) is 2.73. The van der Waals surface area contributed by atoms with Crippen molar-refractivity contribution < 1.29 is 14.6 Å². The largest absolute Gasteiger partial charge is 0.488 e. The van der Waals surface area contributed by atoms with Gasteiger partial charge in [0.1, 0.15) is 11.9 Å². The summed E-state index contributed by atoms with van der Waals surface area (Å²) in [7, 11) is 0. The molecule has 1 aromatic rings. The summed E-state index contributed by atoms with van der Waals surface area (Å²) in [5.41, 5.74) is 0.179. The zero-order chi connectivity index (χ0) is 11.5. The van der Waals surface area contributed by atoms with E-state index < -0.39 is 5.97 Å². The number of hydrogen-bond donors (Lipinski definition) is 1. The molecule has 5 heteroatoms. The van der Waals surface area contributed by atoms with Crippen LogP contribution in [-0.4, -0.2) is 28.7 Å². The number of hydrogen-bond acceptors (Lipinski definition) is 3. The normalized spacial score (nSPS) is 19.7. The van der Waals surface area contributed by atoms with Gasteiger partial charge in [0.15, 0.2) is 0 Å². The molecule has 1 N–H and O–H groups in total. The molecule has 0 spiro atoms. The van der Waals surface area contributed by atoms with Gasteiger partial charge in [0.2, 0.25) is 0 Å². The highest BCUT2D eigenvalue weighted by molar-refractivity contribution is 7.99. The van der Waals surface area contributed by atoms with Gasteiger partial charge < -0.3 is 9.84 Å². The molecule has 1 aliphatic rings. The Morgan fingerprint density at radius 2 is 2.38 bits per heavy atom. The Bertz CT molecular complexity index is 402. The number of thioether (sulfide) groups is 1. The quantitative estimate of drug-likeness (QED) is 0.906. The minimum absolute atomic E-state index is 0.179. The van der Waals surface area contributed by atoms with Crippen LogP contribution in [0.1, 0.15) is 16.8 Å². The highest BCUT2D eigenvalue weighted by atomic mass is 35.5. The highest BCUT2D eigenvalue weighted by Crippen LogP contribution is 2.29. The van der Waals surface area contributed by atoms with Gasteiger partial charge in [-0.1, -0.05) is 11.6 Å². The predicted octanol–water partition coefficient (Wildman–Crippen LogP) is 2.92. The predicted molar refractivity (Wildman–Crippen MR) is 64.8 cm³/mol. The number of rotatable bonds is 3. The first kappa shape index (κ1) is 11.6. The summed E-state index contributed by atoms with van der Waals surface area (Å²) < 4.78 is 5.70. The molecule has 1 saturated heterocycles. The lowest BCUT2D eigenvalue weighted by atomic mass is 10.2. The maximum atomic E-state index is 10.7. The van der Waals surface area contributed by atoms with Crippen molar-refractivity contribution in [2.75, 3.05) is 11.5 Å². The molecule has 1 aromatic carbocycles. The lowest BCUT2D eigenvalue weighted by Crippen LogP contribution is -2.15. The maximum absolute atomic E-state index is 10.7. The summed E-state index contributed by atoms with van der Waals surface area (Å²) in [6.07, 6.45) is 1.21. The van der Waals surface area contributed by atoms with Crippen molar-refractivity contribution in [2.45, 2.75) is 12.5 Å². The first-order chi connectivity index (χ1) is 7.66. The van der Waals surface area contributed by atoms with Crippen LogP contribution < -0.4 is 4.74 Å². The van der Waals surface area contributed by atoms with Crippen LogP contribution in [0.5, 0.6) is 5.75 Å². The van der Waals surface area contributed by atoms with Gasteiger partial charge in [0.05, 0.1) is 10.6 Å². The van der Waals surface area contributed by atoms with Crippen LogP contribution in [0.25, 0.3) is 0 Å². The lowest BCUT2D eigenvalue weighted by Gasteiger charge is -2.13. The van der Waals surface area contributed by atoms with Crippen LogP contribution >= 0.6 is 23.4 Å². The highest BCUT2D eigenvalue weighted by Gasteiger charge is 2.18. The number of ether oxygens (including phenoxy) is 1. The Morgan fingerprint density at radius 3 is 2.94 bits per heavy atom. The molecule has 16 heavy (non-hydrogen) atoms. The van der Waals surface area contributed by atoms with Gasteiger partial charge in [-0.3, -0.25) is 0 Å². The molecule has 86 valence electrons. The minimum Gasteiger partial charge on any atom is -0.488 e. The molecule has 0 bridgehead atoms. The Labute approximate surface area is 103 Å². The first-order valence-corrected chi connectivity index (χ1v) is 6.47. The Kier molecular flexibility index (Phi) is 3.61. The summed E-state index contributed by atoms with van der Waals surface area (Å²) in [4.78, 5) is 10.7. The molecule has 0 aliphatic carbocycles. The number of carboxylic acids is 1. The standard InChI is InChI=1S/C11H11ClO3S/c12-9-5-7(11(13)14)1-2-10(9)15-8-3-4-16-6-8/h1-2,5,8H,3-4,6H2,(H,13,14). The van der Waals surface area contributed by atoms with E-state index in [0.29, 0.717) is 10.8 Å². The third-order valence-corrected chi connectivity index (χ3v) is 3.79. The summed E-state index contributed by atoms with van der Waals surface area (Å²) in [6.45, 7) is 0. The fourth-order valence-electron chi connectivity index (χ4n) is 1.51. The molecule has 3 nitrogen and oxygen atoms in total. The third-order valence-electron chi connectivity index (χ3n) is 2.36. The Hall–Kier alpha value is -0.870. The topological polar surface area (TPSA) is 46.5 Å². The molecule has 0 saturated carbocycles. The van der Waals surface area contributed by atoms with Gasteiger partial charge in [-0.15, -0.1) is 0 Å². The molecule has 1 atom stereocenters. The second-order valence-electron chi connectivity index (χ2n) is 3.55. The fraction of sp³-hybridized carbons (Fsp3) is 0.364. The zero-order valence-electron chi connectivity index (χ0n) is 8.48. The van der Waals surface area contributed by atoms with Gasteiger partial charge >= 0.3 is 5.97 Å². The van der Waals surface area contributed by atoms with E-state index in [2.05, 4.69) is 0 Å². The number of carbonyl (C=O) groups is 1. The van der Waals surface area contributed by atoms with E-state index in [9.17, 15) is 4.79 Å². The molecule has 0 aromatic heterocycles. The van der Waals surface area contributed by atoms with Crippen molar-refractivity contribution in [3.63, 3.8) is 0 Å². The number of benzene rings is 1. The molecule has 1 heterocycles. The summed E-state index contributed by atoms with van der Waals surface area (Å²) in [6, 6.07) is 4.54. The number of aromatic carboxylic acids is 1. The van der Waals surface area contributed by atoms with E-state index in [1.165, 1.54) is 12.1 Å². The van der Waals surface area contributed by atoms with Crippen molar-refractivity contribution in [1.82, 2.24) is 0 Å². The van der Waals surface area contributed by atoms with Gasteiger partial charge in [0, 0.05) is 5.75 Å². The van der Waals surface area contributed by atoms with E-state index in [1.807, 2.05) is 11.8 Å². The van der Waals surface area contributed by atoms with E-state index in [1.54, 1.807) is 6.07 Å². The average molecular weight is 259 g/mol. The van der Waals surface area contributed by atoms with Crippen LogP contribution in [0.4, 0.5) is 0 Å². The maximum Gasteiger partial charge on any atom is 0.335 e. The van der Waals surface area contributed by atoms with Gasteiger partial charge in [-0.05, 0) is 30.4 Å².